The lowest BCUT2D eigenvalue weighted by molar-refractivity contribution is -0.339. The maximum Gasteiger partial charge on any atom is 0.308 e. The van der Waals surface area contributed by atoms with Crippen LogP contribution in [0.15, 0.2) is 30.3 Å². The zero-order chi connectivity index (χ0) is 39.9. The van der Waals surface area contributed by atoms with Crippen LogP contribution in [-0.2, 0) is 49.3 Å². The molecule has 0 amide bonds. The van der Waals surface area contributed by atoms with Crippen LogP contribution >= 0.6 is 0 Å². The minimum absolute atomic E-state index is 0.100. The molecule has 5 fully saturated rings. The standard InChI is InChI=1S/C44H70O11/c1-11-42(39-27(3)22-34(51-39)36-26(2)21-28(4)44(49-10,54-36)25-50-24-32-15-13-12-14-16-32)18-17-35(52-42)41(8)19-20-43(55-41)23-33(45)29(5)38(53-43)30(6)37(48-9)31(7)40(46)47/h12-16,26-31,33-39,45H,11,17-25H2,1-10H3,(H,46,47)/t26-,27-,28+,29+,30-,31-,33-,34+,35+,36-,37+,38-,39+,41-,42-,43+,44-/m0/s1. The summed E-state index contributed by atoms with van der Waals surface area (Å²) < 4.78 is 53.2. The first-order chi connectivity index (χ1) is 26.0. The van der Waals surface area contributed by atoms with E-state index in [0.29, 0.717) is 26.1 Å². The summed E-state index contributed by atoms with van der Waals surface area (Å²) >= 11 is 0. The summed E-state index contributed by atoms with van der Waals surface area (Å²) in [6.45, 7) is 17.5. The minimum atomic E-state index is -0.988. The van der Waals surface area contributed by atoms with Crippen LogP contribution in [0.1, 0.15) is 112 Å². The van der Waals surface area contributed by atoms with Crippen molar-refractivity contribution in [1.82, 2.24) is 0 Å². The second-order valence-corrected chi connectivity index (χ2v) is 18.3. The van der Waals surface area contributed by atoms with Crippen molar-refractivity contribution in [2.45, 2.75) is 179 Å². The average molecular weight is 775 g/mol. The molecule has 1 spiro atoms. The number of methoxy groups -OCH3 is 2. The number of aliphatic hydroxyl groups is 1. The average Bonchev–Trinajstić information content (AvgIpc) is 3.87. The summed E-state index contributed by atoms with van der Waals surface area (Å²) in [5.41, 5.74) is 0.0150. The highest BCUT2D eigenvalue weighted by molar-refractivity contribution is 5.70. The van der Waals surface area contributed by atoms with Gasteiger partial charge in [-0.15, -0.1) is 0 Å². The van der Waals surface area contributed by atoms with E-state index in [2.05, 4.69) is 46.8 Å². The normalized spacial score (nSPS) is 45.1. The van der Waals surface area contributed by atoms with E-state index < -0.39 is 53.0 Å². The Hall–Kier alpha value is -1.67. The molecular formula is C44H70O11. The van der Waals surface area contributed by atoms with Crippen molar-refractivity contribution in [1.29, 1.82) is 0 Å². The van der Waals surface area contributed by atoms with E-state index in [0.717, 1.165) is 44.1 Å². The van der Waals surface area contributed by atoms with Gasteiger partial charge in [-0.3, -0.25) is 4.79 Å². The van der Waals surface area contributed by atoms with Gasteiger partial charge in [0, 0.05) is 44.8 Å². The molecule has 0 bridgehead atoms. The topological polar surface area (TPSA) is 131 Å². The first-order valence-electron chi connectivity index (χ1n) is 21.0. The summed E-state index contributed by atoms with van der Waals surface area (Å²) in [5, 5.41) is 21.1. The number of aliphatic hydroxyl groups excluding tert-OH is 1. The number of aliphatic carboxylic acids is 1. The van der Waals surface area contributed by atoms with Gasteiger partial charge in [0.2, 0.25) is 0 Å². The van der Waals surface area contributed by atoms with Gasteiger partial charge < -0.3 is 48.1 Å². The molecule has 0 saturated carbocycles. The molecule has 0 unspecified atom stereocenters. The molecular weight excluding hydrogens is 704 g/mol. The molecule has 5 heterocycles. The second-order valence-electron chi connectivity index (χ2n) is 18.3. The number of ether oxygens (including phenoxy) is 8. The van der Waals surface area contributed by atoms with E-state index in [1.165, 1.54) is 7.11 Å². The van der Waals surface area contributed by atoms with Gasteiger partial charge in [-0.1, -0.05) is 71.9 Å². The molecule has 6 rings (SSSR count). The molecule has 0 radical (unpaired) electrons. The molecule has 17 atom stereocenters. The first-order valence-corrected chi connectivity index (χ1v) is 21.0. The van der Waals surface area contributed by atoms with Crippen molar-refractivity contribution in [3.8, 4) is 0 Å². The van der Waals surface area contributed by atoms with E-state index in [9.17, 15) is 15.0 Å². The van der Waals surface area contributed by atoms with E-state index in [-0.39, 0.29) is 54.0 Å². The third-order valence-electron chi connectivity index (χ3n) is 14.6. The molecule has 5 aliphatic heterocycles. The summed E-state index contributed by atoms with van der Waals surface area (Å²) in [7, 11) is 3.26. The van der Waals surface area contributed by atoms with Crippen molar-refractivity contribution in [3.63, 3.8) is 0 Å². The maximum absolute atomic E-state index is 11.9. The van der Waals surface area contributed by atoms with Crippen LogP contribution < -0.4 is 0 Å². The van der Waals surface area contributed by atoms with Crippen LogP contribution in [0.2, 0.25) is 0 Å². The van der Waals surface area contributed by atoms with Gasteiger partial charge in [0.15, 0.2) is 11.6 Å². The minimum Gasteiger partial charge on any atom is -0.481 e. The highest BCUT2D eigenvalue weighted by atomic mass is 16.7. The number of carboxylic acid groups (broad SMARTS) is 1. The fourth-order valence-corrected chi connectivity index (χ4v) is 11.1. The highest BCUT2D eigenvalue weighted by Crippen LogP contribution is 2.55. The lowest BCUT2D eigenvalue weighted by atomic mass is 9.78. The molecule has 5 saturated heterocycles. The summed E-state index contributed by atoms with van der Waals surface area (Å²) in [6.07, 6.45) is 3.81. The fraction of sp³-hybridized carbons (Fsp3) is 0.841. The monoisotopic (exact) mass is 774 g/mol. The highest BCUT2D eigenvalue weighted by Gasteiger charge is 2.62. The summed E-state index contributed by atoms with van der Waals surface area (Å²) in [4.78, 5) is 11.9. The molecule has 5 aliphatic rings. The van der Waals surface area contributed by atoms with Gasteiger partial charge in [-0.2, -0.15) is 0 Å². The van der Waals surface area contributed by atoms with Crippen molar-refractivity contribution >= 4 is 5.97 Å². The van der Waals surface area contributed by atoms with Crippen molar-refractivity contribution in [2.24, 2.45) is 35.5 Å². The van der Waals surface area contributed by atoms with Crippen LogP contribution in [0.5, 0.6) is 0 Å². The Morgan fingerprint density at radius 1 is 0.982 bits per heavy atom. The Morgan fingerprint density at radius 3 is 2.36 bits per heavy atom. The Labute approximate surface area is 329 Å². The Balaban J connectivity index is 1.12. The SMILES string of the molecule is CC[C@@]1([C@@H]2O[C@@H]([C@H]3O[C@](COCc4ccccc4)(OC)[C@H](C)C[C@@H]3C)C[C@@H]2C)CC[C@H]([C@]2(C)CC[C@]3(C[C@H](O)[C@@H](C)[C@@H]([C@@H](C)[C@@H](OC)[C@H](C)C(=O)O)O3)O2)O1. The van der Waals surface area contributed by atoms with Gasteiger partial charge in [0.05, 0.1) is 66.5 Å². The number of hydrogen-bond donors (Lipinski definition) is 2. The molecule has 1 aromatic carbocycles. The third-order valence-corrected chi connectivity index (χ3v) is 14.6. The fourth-order valence-electron chi connectivity index (χ4n) is 11.1. The zero-order valence-electron chi connectivity index (χ0n) is 35.0. The third kappa shape index (κ3) is 8.31. The van der Waals surface area contributed by atoms with Crippen LogP contribution in [-0.4, -0.2) is 103 Å². The number of carbonyl (C=O) groups is 1. The predicted octanol–water partition coefficient (Wildman–Crippen LogP) is 7.15. The number of rotatable bonds is 14. The van der Waals surface area contributed by atoms with Crippen LogP contribution in [0.4, 0.5) is 0 Å². The van der Waals surface area contributed by atoms with Crippen LogP contribution in [0.25, 0.3) is 0 Å². The molecule has 1 aromatic rings. The van der Waals surface area contributed by atoms with E-state index in [1.54, 1.807) is 14.0 Å². The smallest absolute Gasteiger partial charge is 0.308 e. The Kier molecular flexibility index (Phi) is 13.2. The number of benzene rings is 1. The molecule has 11 nitrogen and oxygen atoms in total. The molecule has 312 valence electrons. The van der Waals surface area contributed by atoms with E-state index >= 15 is 0 Å². The molecule has 0 aliphatic carbocycles. The molecule has 2 N–H and O–H groups in total. The lowest BCUT2D eigenvalue weighted by Crippen LogP contribution is -2.57. The van der Waals surface area contributed by atoms with Gasteiger partial charge in [-0.05, 0) is 69.8 Å². The van der Waals surface area contributed by atoms with Crippen LogP contribution in [0.3, 0.4) is 0 Å². The number of carboxylic acids is 1. The predicted molar refractivity (Wildman–Crippen MR) is 206 cm³/mol. The van der Waals surface area contributed by atoms with E-state index in [4.69, 9.17) is 37.9 Å². The molecule has 55 heavy (non-hydrogen) atoms. The van der Waals surface area contributed by atoms with Crippen molar-refractivity contribution in [3.05, 3.63) is 35.9 Å². The maximum atomic E-state index is 11.9. The van der Waals surface area contributed by atoms with Gasteiger partial charge in [0.25, 0.3) is 0 Å². The lowest BCUT2D eigenvalue weighted by Gasteiger charge is -2.49. The van der Waals surface area contributed by atoms with Gasteiger partial charge in [0.1, 0.15) is 6.61 Å². The Bertz CT molecular complexity index is 1430. The van der Waals surface area contributed by atoms with Gasteiger partial charge >= 0.3 is 5.97 Å². The van der Waals surface area contributed by atoms with E-state index in [1.807, 2.05) is 32.0 Å². The second kappa shape index (κ2) is 16.9. The Morgan fingerprint density at radius 2 is 1.71 bits per heavy atom. The summed E-state index contributed by atoms with van der Waals surface area (Å²) in [6, 6.07) is 10.2. The zero-order valence-corrected chi connectivity index (χ0v) is 35.0. The van der Waals surface area contributed by atoms with Gasteiger partial charge in [-0.25, -0.2) is 0 Å². The van der Waals surface area contributed by atoms with Crippen molar-refractivity contribution in [2.75, 3.05) is 20.8 Å². The summed E-state index contributed by atoms with van der Waals surface area (Å²) in [5.74, 6) is -3.30. The molecule has 0 aromatic heterocycles. The first kappa shape index (κ1) is 42.9. The van der Waals surface area contributed by atoms with Crippen LogP contribution in [0, 0.1) is 35.5 Å². The largest absolute Gasteiger partial charge is 0.481 e. The number of hydrogen-bond acceptors (Lipinski definition) is 10. The van der Waals surface area contributed by atoms with Crippen molar-refractivity contribution < 1.29 is 52.9 Å². The quantitative estimate of drug-likeness (QED) is 0.200. The molecule has 11 heteroatoms.